The van der Waals surface area contributed by atoms with Gasteiger partial charge in [-0.1, -0.05) is 17.5 Å². The van der Waals surface area contributed by atoms with E-state index in [0.717, 1.165) is 2.88 Å². The molecule has 2 aromatic heterocycles. The Hall–Kier alpha value is -1.29. The molecule has 1 saturated heterocycles. The predicted molar refractivity (Wildman–Crippen MR) is 104 cm³/mol. The number of carbonyl (C=O) groups is 1. The fourth-order valence-electron chi connectivity index (χ4n) is 2.49. The van der Waals surface area contributed by atoms with E-state index >= 15 is 0 Å². The molecule has 2 unspecified atom stereocenters. The van der Waals surface area contributed by atoms with Crippen LogP contribution in [0.1, 0.15) is 10.4 Å². The van der Waals surface area contributed by atoms with Gasteiger partial charge in [0.05, 0.1) is 27.7 Å². The number of ether oxygens (including phenoxy) is 1. The molecular formula is C15H12ClIN4O3S. The summed E-state index contributed by atoms with van der Waals surface area (Å²) < 4.78 is 5.47. The summed E-state index contributed by atoms with van der Waals surface area (Å²) >= 11 is 9.28. The fraction of sp³-hybridized carbons (Fsp3) is 0.267. The number of rotatable bonds is 4. The minimum atomic E-state index is -0.987. The Morgan fingerprint density at radius 3 is 3.08 bits per heavy atom. The summed E-state index contributed by atoms with van der Waals surface area (Å²) in [7, 11) is 0. The lowest BCUT2D eigenvalue weighted by molar-refractivity contribution is 0.00564. The molecule has 0 amide bonds. The number of hydrogen-bond donors (Lipinski definition) is 0. The van der Waals surface area contributed by atoms with E-state index in [9.17, 15) is 10.0 Å². The van der Waals surface area contributed by atoms with E-state index < -0.39 is 16.8 Å². The van der Waals surface area contributed by atoms with Crippen LogP contribution in [0.25, 0.3) is 0 Å². The summed E-state index contributed by atoms with van der Waals surface area (Å²) in [6.07, 6.45) is 7.44. The largest absolute Gasteiger partial charge is 0.622 e. The quantitative estimate of drug-likeness (QED) is 0.164. The molecule has 2 atom stereocenters. The van der Waals surface area contributed by atoms with Crippen molar-refractivity contribution in [2.24, 2.45) is 0 Å². The van der Waals surface area contributed by atoms with Gasteiger partial charge in [-0.25, -0.2) is 14.7 Å². The first-order valence-electron chi connectivity index (χ1n) is 7.12. The molecular weight excluding hydrogens is 479 g/mol. The van der Waals surface area contributed by atoms with Gasteiger partial charge in [0.2, 0.25) is 0 Å². The van der Waals surface area contributed by atoms with Gasteiger partial charge >= 0.3 is 5.97 Å². The number of carbonyl (C=O) groups excluding carboxylic acids is 1. The normalized spacial score (nSPS) is 23.4. The Bertz CT molecular complexity index is 842. The monoisotopic (exact) mass is 490 g/mol. The van der Waals surface area contributed by atoms with Crippen LogP contribution in [0.4, 0.5) is 5.13 Å². The van der Waals surface area contributed by atoms with Crippen molar-refractivity contribution in [2.75, 3.05) is 19.8 Å². The van der Waals surface area contributed by atoms with Gasteiger partial charge in [0.1, 0.15) is 11.8 Å². The summed E-state index contributed by atoms with van der Waals surface area (Å²) in [5.41, 5.74) is 0.111. The van der Waals surface area contributed by atoms with E-state index in [1.165, 1.54) is 23.6 Å². The topological polar surface area (TPSA) is 78.4 Å². The maximum atomic E-state index is 13.4. The molecule has 130 valence electrons. The number of terminal acetylenes is 1. The van der Waals surface area contributed by atoms with Gasteiger partial charge < -0.3 is 9.94 Å². The average Bonchev–Trinajstić information content (AvgIpc) is 3.13. The molecule has 3 rings (SSSR count). The number of halogens is 2. The van der Waals surface area contributed by atoms with E-state index in [1.807, 2.05) is 0 Å². The second-order valence-electron chi connectivity index (χ2n) is 5.30. The van der Waals surface area contributed by atoms with Crippen molar-refractivity contribution in [1.29, 1.82) is 0 Å². The van der Waals surface area contributed by atoms with Crippen molar-refractivity contribution in [3.63, 3.8) is 0 Å². The zero-order chi connectivity index (χ0) is 18.0. The van der Waals surface area contributed by atoms with Gasteiger partial charge in [0, 0.05) is 6.20 Å². The molecule has 25 heavy (non-hydrogen) atoms. The van der Waals surface area contributed by atoms with E-state index in [0.29, 0.717) is 5.13 Å². The van der Waals surface area contributed by atoms with Crippen molar-refractivity contribution >= 4 is 56.6 Å². The van der Waals surface area contributed by atoms with Gasteiger partial charge in [-0.2, -0.15) is 4.98 Å². The van der Waals surface area contributed by atoms with Crippen LogP contribution in [0.2, 0.25) is 5.15 Å². The highest BCUT2D eigenvalue weighted by molar-refractivity contribution is 14.1. The van der Waals surface area contributed by atoms with Gasteiger partial charge in [-0.05, 0) is 46.1 Å². The molecule has 1 aliphatic heterocycles. The van der Waals surface area contributed by atoms with Gasteiger partial charge in [-0.3, -0.25) is 4.65 Å². The summed E-state index contributed by atoms with van der Waals surface area (Å²) in [4.78, 5) is 22.2. The second-order valence-corrected chi connectivity index (χ2v) is 8.56. The van der Waals surface area contributed by atoms with Crippen molar-refractivity contribution < 1.29 is 9.53 Å². The van der Waals surface area contributed by atoms with E-state index in [4.69, 9.17) is 22.8 Å². The average molecular weight is 491 g/mol. The summed E-state index contributed by atoms with van der Waals surface area (Å²) in [6, 6.07) is 3.07. The number of nitrogens with zero attached hydrogens (tertiary/aromatic N) is 4. The Morgan fingerprint density at radius 1 is 1.64 bits per heavy atom. The number of pyridine rings is 1. The highest BCUT2D eigenvalue weighted by atomic mass is 127. The second kappa shape index (κ2) is 7.53. The first-order valence-corrected chi connectivity index (χ1v) is 9.39. The standard InChI is InChI=1S/C15H12ClIN4O3S/c1-2-6-20-8-12(21(23,9-20)15-19-7-11(17)25-15)24-14(22)10-4-3-5-18-13(10)16/h1,3-5,7,12H,6,8-9H2. The van der Waals surface area contributed by atoms with Crippen LogP contribution >= 0.6 is 45.5 Å². The Labute approximate surface area is 166 Å². The molecule has 0 bridgehead atoms. The smallest absolute Gasteiger partial charge is 0.345 e. The minimum absolute atomic E-state index is 0.0266. The molecule has 0 N–H and O–H groups in total. The zero-order valence-corrected chi connectivity index (χ0v) is 16.5. The number of esters is 1. The van der Waals surface area contributed by atoms with Gasteiger partial charge in [0.25, 0.3) is 11.4 Å². The molecule has 1 fully saturated rings. The van der Waals surface area contributed by atoms with Crippen LogP contribution in [0.3, 0.4) is 0 Å². The molecule has 10 heteroatoms. The van der Waals surface area contributed by atoms with Crippen molar-refractivity contribution in [3.05, 3.63) is 43.3 Å². The number of quaternary nitrogens is 1. The van der Waals surface area contributed by atoms with Crippen molar-refractivity contribution in [1.82, 2.24) is 19.5 Å². The number of thiazole rings is 1. The molecule has 7 nitrogen and oxygen atoms in total. The SMILES string of the molecule is C#CCN1CC(OC(=O)c2cccnc2Cl)[N+]([O-])(c2ncc(I)s2)C1. The third-order valence-electron chi connectivity index (χ3n) is 3.62. The van der Waals surface area contributed by atoms with Crippen LogP contribution in [0, 0.1) is 20.4 Å². The molecule has 0 aliphatic carbocycles. The molecule has 0 saturated carbocycles. The van der Waals surface area contributed by atoms with E-state index in [-0.39, 0.29) is 30.5 Å². The third kappa shape index (κ3) is 3.79. The number of hydroxylamine groups is 2. The van der Waals surface area contributed by atoms with Crippen molar-refractivity contribution in [3.8, 4) is 12.3 Å². The molecule has 0 spiro atoms. The van der Waals surface area contributed by atoms with E-state index in [1.54, 1.807) is 17.2 Å². The van der Waals surface area contributed by atoms with Crippen LogP contribution in [-0.4, -0.2) is 46.8 Å². The molecule has 2 aromatic rings. The Balaban J connectivity index is 1.88. The maximum Gasteiger partial charge on any atom is 0.345 e. The Morgan fingerprint density at radius 2 is 2.44 bits per heavy atom. The maximum absolute atomic E-state index is 13.4. The van der Waals surface area contributed by atoms with Gasteiger partial charge in [-0.15, -0.1) is 6.42 Å². The fourth-order valence-corrected chi connectivity index (χ4v) is 4.14. The van der Waals surface area contributed by atoms with Gasteiger partial charge in [0.15, 0.2) is 0 Å². The molecule has 0 radical (unpaired) electrons. The molecule has 0 aromatic carbocycles. The highest BCUT2D eigenvalue weighted by Gasteiger charge is 2.46. The number of hydrogen-bond acceptors (Lipinski definition) is 7. The summed E-state index contributed by atoms with van der Waals surface area (Å²) in [5.74, 6) is 1.81. The molecule has 3 heterocycles. The Kier molecular flexibility index (Phi) is 5.57. The highest BCUT2D eigenvalue weighted by Crippen LogP contribution is 2.35. The minimum Gasteiger partial charge on any atom is -0.622 e. The van der Waals surface area contributed by atoms with Crippen LogP contribution in [-0.2, 0) is 4.74 Å². The van der Waals surface area contributed by atoms with Crippen molar-refractivity contribution in [2.45, 2.75) is 6.23 Å². The predicted octanol–water partition coefficient (Wildman–Crippen LogP) is 2.69. The van der Waals surface area contributed by atoms with E-state index in [2.05, 4.69) is 38.5 Å². The van der Waals surface area contributed by atoms with Crippen LogP contribution < -0.4 is 4.65 Å². The molecule has 1 aliphatic rings. The summed E-state index contributed by atoms with van der Waals surface area (Å²) in [6.45, 7) is 0.562. The lowest BCUT2D eigenvalue weighted by Gasteiger charge is -2.38. The van der Waals surface area contributed by atoms with Crippen LogP contribution in [0.15, 0.2) is 24.5 Å². The third-order valence-corrected chi connectivity index (χ3v) is 5.75. The summed E-state index contributed by atoms with van der Waals surface area (Å²) in [5, 5.41) is 13.8. The first-order chi connectivity index (χ1) is 11.9. The lowest BCUT2D eigenvalue weighted by atomic mass is 10.3. The van der Waals surface area contributed by atoms with Crippen LogP contribution in [0.5, 0.6) is 0 Å². The zero-order valence-electron chi connectivity index (χ0n) is 12.8. The number of aromatic nitrogens is 2. The first kappa shape index (κ1) is 18.5. The lowest BCUT2D eigenvalue weighted by Crippen LogP contribution is -2.50.